The Labute approximate surface area is 159 Å². The number of likely N-dealkylation sites (tertiary alicyclic amines) is 1. The van der Waals surface area contributed by atoms with Crippen molar-refractivity contribution in [1.82, 2.24) is 4.90 Å². The average Bonchev–Trinajstić information content (AvgIpc) is 3.10. The predicted octanol–water partition coefficient (Wildman–Crippen LogP) is 3.69. The molecule has 0 spiro atoms. The van der Waals surface area contributed by atoms with Gasteiger partial charge in [-0.05, 0) is 31.6 Å². The van der Waals surface area contributed by atoms with Crippen LogP contribution in [-0.2, 0) is 19.1 Å². The summed E-state index contributed by atoms with van der Waals surface area (Å²) in [6, 6.07) is -0.0208. The van der Waals surface area contributed by atoms with Crippen molar-refractivity contribution in [1.29, 1.82) is 0 Å². The van der Waals surface area contributed by atoms with E-state index in [1.54, 1.807) is 21.1 Å². The van der Waals surface area contributed by atoms with Gasteiger partial charge in [-0.1, -0.05) is 40.5 Å². The zero-order valence-electron chi connectivity index (χ0n) is 17.8. The maximum Gasteiger partial charge on any atom is 0.225 e. The van der Waals surface area contributed by atoms with Gasteiger partial charge in [0, 0.05) is 26.7 Å². The second-order valence-corrected chi connectivity index (χ2v) is 7.83. The molecule has 1 saturated heterocycles. The van der Waals surface area contributed by atoms with E-state index in [2.05, 4.69) is 20.8 Å². The van der Waals surface area contributed by atoms with E-state index >= 15 is 0 Å². The summed E-state index contributed by atoms with van der Waals surface area (Å²) < 4.78 is 11.4. The lowest BCUT2D eigenvalue weighted by Gasteiger charge is -2.35. The number of nitrogens with zero attached hydrogens (tertiary/aromatic N) is 1. The van der Waals surface area contributed by atoms with E-state index in [0.29, 0.717) is 18.3 Å². The summed E-state index contributed by atoms with van der Waals surface area (Å²) in [4.78, 5) is 26.8. The van der Waals surface area contributed by atoms with Gasteiger partial charge in [-0.15, -0.1) is 0 Å². The summed E-state index contributed by atoms with van der Waals surface area (Å²) in [6.45, 7) is 10.8. The molecule has 0 aliphatic carbocycles. The molecule has 5 nitrogen and oxygen atoms in total. The summed E-state index contributed by atoms with van der Waals surface area (Å²) in [7, 11) is 3.35. The van der Waals surface area contributed by atoms with E-state index in [-0.39, 0.29) is 35.9 Å². The van der Waals surface area contributed by atoms with Crippen LogP contribution < -0.4 is 0 Å². The summed E-state index contributed by atoms with van der Waals surface area (Å²) in [5.41, 5.74) is 0. The SMILES string of the molecule is CCC(C)[C@H](CC)[C@@H](CC(=O)N1CCC[C@H]1[C@H](OC)[C@@H](C)C(C)=O)OC. The van der Waals surface area contributed by atoms with E-state index in [0.717, 1.165) is 32.2 Å². The van der Waals surface area contributed by atoms with Crippen molar-refractivity contribution < 1.29 is 19.1 Å². The first kappa shape index (κ1) is 23.1. The van der Waals surface area contributed by atoms with Crippen LogP contribution in [0.5, 0.6) is 0 Å². The highest BCUT2D eigenvalue weighted by atomic mass is 16.5. The molecule has 0 saturated carbocycles. The molecule has 1 rings (SSSR count). The maximum absolute atomic E-state index is 13.1. The van der Waals surface area contributed by atoms with Gasteiger partial charge in [-0.2, -0.15) is 0 Å². The van der Waals surface area contributed by atoms with Crippen LogP contribution in [0.3, 0.4) is 0 Å². The molecular formula is C21H39NO4. The fraction of sp³-hybridized carbons (Fsp3) is 0.905. The van der Waals surface area contributed by atoms with Gasteiger partial charge in [0.05, 0.1) is 24.7 Å². The van der Waals surface area contributed by atoms with Gasteiger partial charge in [0.2, 0.25) is 5.91 Å². The number of methoxy groups -OCH3 is 2. The van der Waals surface area contributed by atoms with Crippen LogP contribution in [0.15, 0.2) is 0 Å². The van der Waals surface area contributed by atoms with Crippen LogP contribution in [0.25, 0.3) is 0 Å². The van der Waals surface area contributed by atoms with Crippen LogP contribution in [0, 0.1) is 17.8 Å². The lowest BCUT2D eigenvalue weighted by molar-refractivity contribution is -0.141. The van der Waals surface area contributed by atoms with E-state index in [1.807, 2.05) is 11.8 Å². The van der Waals surface area contributed by atoms with E-state index in [9.17, 15) is 9.59 Å². The minimum Gasteiger partial charge on any atom is -0.381 e. The number of Topliss-reactive ketones (excluding diaryl/α,β-unsaturated/α-hetero) is 1. The number of ether oxygens (including phenoxy) is 2. The third-order valence-corrected chi connectivity index (χ3v) is 6.41. The number of hydrogen-bond acceptors (Lipinski definition) is 4. The lowest BCUT2D eigenvalue weighted by atomic mass is 9.83. The summed E-state index contributed by atoms with van der Waals surface area (Å²) in [5.74, 6) is 0.925. The third kappa shape index (κ3) is 5.53. The highest BCUT2D eigenvalue weighted by Crippen LogP contribution is 2.30. The Balaban J connectivity index is 2.87. The highest BCUT2D eigenvalue weighted by Gasteiger charge is 2.39. The smallest absolute Gasteiger partial charge is 0.225 e. The molecule has 0 aromatic heterocycles. The molecule has 1 heterocycles. The van der Waals surface area contributed by atoms with Crippen molar-refractivity contribution in [2.45, 2.75) is 85.0 Å². The summed E-state index contributed by atoms with van der Waals surface area (Å²) in [6.07, 6.45) is 4.04. The Bertz CT molecular complexity index is 453. The molecule has 5 heteroatoms. The second-order valence-electron chi connectivity index (χ2n) is 7.83. The fourth-order valence-electron chi connectivity index (χ4n) is 4.40. The molecular weight excluding hydrogens is 330 g/mol. The third-order valence-electron chi connectivity index (χ3n) is 6.41. The minimum absolute atomic E-state index is 0.0208. The van der Waals surface area contributed by atoms with Gasteiger partial charge in [0.15, 0.2) is 0 Å². The van der Waals surface area contributed by atoms with Crippen molar-refractivity contribution >= 4 is 11.7 Å². The van der Waals surface area contributed by atoms with E-state index in [1.165, 1.54) is 0 Å². The number of carbonyl (C=O) groups is 2. The first-order valence-corrected chi connectivity index (χ1v) is 10.2. The van der Waals surface area contributed by atoms with Crippen LogP contribution in [0.2, 0.25) is 0 Å². The molecule has 1 aliphatic heterocycles. The Kier molecular flexibility index (Phi) is 9.80. The Morgan fingerprint density at radius 1 is 1.12 bits per heavy atom. The van der Waals surface area contributed by atoms with Crippen LogP contribution >= 0.6 is 0 Å². The number of rotatable bonds is 11. The number of ketones is 1. The first-order valence-electron chi connectivity index (χ1n) is 10.2. The molecule has 152 valence electrons. The standard InChI is InChI=1S/C21H39NO4/c1-8-14(3)17(9-2)19(25-6)13-20(24)22-12-10-11-18(22)21(26-7)15(4)16(5)23/h14-15,17-19,21H,8-13H2,1-7H3/t14?,15-,17-,18-,19+,21+/m0/s1. The molecule has 1 fully saturated rings. The quantitative estimate of drug-likeness (QED) is 0.557. The predicted molar refractivity (Wildman–Crippen MR) is 104 cm³/mol. The minimum atomic E-state index is -0.239. The zero-order valence-corrected chi connectivity index (χ0v) is 17.8. The van der Waals surface area contributed by atoms with Crippen LogP contribution in [0.4, 0.5) is 0 Å². The molecule has 0 aromatic rings. The molecule has 0 aromatic carbocycles. The molecule has 0 radical (unpaired) electrons. The van der Waals surface area contributed by atoms with Gasteiger partial charge in [-0.25, -0.2) is 0 Å². The van der Waals surface area contributed by atoms with Gasteiger partial charge >= 0.3 is 0 Å². The van der Waals surface area contributed by atoms with E-state index in [4.69, 9.17) is 9.47 Å². The maximum atomic E-state index is 13.1. The molecule has 1 unspecified atom stereocenters. The molecule has 0 bridgehead atoms. The van der Waals surface area contributed by atoms with Gasteiger partial charge in [0.25, 0.3) is 0 Å². The van der Waals surface area contributed by atoms with Crippen molar-refractivity contribution in [3.05, 3.63) is 0 Å². The fourth-order valence-corrected chi connectivity index (χ4v) is 4.40. The van der Waals surface area contributed by atoms with Crippen molar-refractivity contribution in [2.75, 3.05) is 20.8 Å². The molecule has 6 atom stereocenters. The number of carbonyl (C=O) groups excluding carboxylic acids is 2. The molecule has 1 aliphatic rings. The summed E-state index contributed by atoms with van der Waals surface area (Å²) >= 11 is 0. The van der Waals surface area contributed by atoms with Crippen molar-refractivity contribution in [2.24, 2.45) is 17.8 Å². The van der Waals surface area contributed by atoms with Crippen molar-refractivity contribution in [3.8, 4) is 0 Å². The molecule has 26 heavy (non-hydrogen) atoms. The van der Waals surface area contributed by atoms with Crippen LogP contribution in [-0.4, -0.2) is 55.6 Å². The zero-order chi connectivity index (χ0) is 19.9. The first-order chi connectivity index (χ1) is 12.3. The average molecular weight is 370 g/mol. The van der Waals surface area contributed by atoms with Gasteiger partial charge in [-0.3, -0.25) is 9.59 Å². The van der Waals surface area contributed by atoms with Crippen molar-refractivity contribution in [3.63, 3.8) is 0 Å². The Hall–Kier alpha value is -0.940. The molecule has 1 amide bonds. The number of amides is 1. The molecule has 0 N–H and O–H groups in total. The normalized spacial score (nSPS) is 23.3. The Morgan fingerprint density at radius 3 is 2.23 bits per heavy atom. The number of hydrogen-bond donors (Lipinski definition) is 0. The largest absolute Gasteiger partial charge is 0.381 e. The second kappa shape index (κ2) is 11.0. The van der Waals surface area contributed by atoms with Gasteiger partial charge < -0.3 is 14.4 Å². The Morgan fingerprint density at radius 2 is 1.77 bits per heavy atom. The monoisotopic (exact) mass is 369 g/mol. The van der Waals surface area contributed by atoms with Crippen LogP contribution in [0.1, 0.15) is 66.7 Å². The lowest BCUT2D eigenvalue weighted by Crippen LogP contribution is -2.48. The highest BCUT2D eigenvalue weighted by molar-refractivity contribution is 5.80. The summed E-state index contributed by atoms with van der Waals surface area (Å²) in [5, 5.41) is 0. The topological polar surface area (TPSA) is 55.8 Å². The van der Waals surface area contributed by atoms with E-state index < -0.39 is 0 Å². The van der Waals surface area contributed by atoms with Gasteiger partial charge in [0.1, 0.15) is 5.78 Å².